The molecule has 0 aliphatic heterocycles. The van der Waals surface area contributed by atoms with Gasteiger partial charge in [-0.15, -0.1) is 0 Å². The minimum atomic E-state index is 0.00367. The minimum Gasteiger partial charge on any atom is -0.489 e. The Balaban J connectivity index is 1.83. The molecule has 2 N–H and O–H groups in total. The van der Waals surface area contributed by atoms with Gasteiger partial charge in [-0.05, 0) is 31.5 Å². The maximum atomic E-state index is 5.98. The van der Waals surface area contributed by atoms with Crippen LogP contribution >= 0.6 is 0 Å². The number of hydrogen-bond donors (Lipinski definition) is 1. The Hall–Kier alpha value is -2.29. The Kier molecular flexibility index (Phi) is 5.38. The number of hydrogen-bond acceptors (Lipinski definition) is 2. The molecule has 1 unspecified atom stereocenters. The fourth-order valence-electron chi connectivity index (χ4n) is 1.99. The second-order valence-corrected chi connectivity index (χ2v) is 5.24. The Morgan fingerprint density at radius 3 is 2.43 bits per heavy atom. The van der Waals surface area contributed by atoms with E-state index in [1.165, 1.54) is 11.1 Å². The lowest BCUT2D eigenvalue weighted by Crippen LogP contribution is -2.21. The first kappa shape index (κ1) is 15.1. The van der Waals surface area contributed by atoms with Crippen molar-refractivity contribution in [3.8, 4) is 5.75 Å². The van der Waals surface area contributed by atoms with Gasteiger partial charge < -0.3 is 10.5 Å². The maximum Gasteiger partial charge on any atom is 0.119 e. The van der Waals surface area contributed by atoms with Gasteiger partial charge >= 0.3 is 0 Å². The second kappa shape index (κ2) is 7.48. The smallest absolute Gasteiger partial charge is 0.119 e. The van der Waals surface area contributed by atoms with E-state index in [1.807, 2.05) is 37.3 Å². The number of aryl methyl sites for hydroxylation is 1. The summed E-state index contributed by atoms with van der Waals surface area (Å²) in [6, 6.07) is 18.1. The number of aliphatic imine (C=N–C) groups is 1. The van der Waals surface area contributed by atoms with E-state index in [-0.39, 0.29) is 6.10 Å². The topological polar surface area (TPSA) is 47.6 Å². The summed E-state index contributed by atoms with van der Waals surface area (Å²) in [6.45, 7) is 4.63. The van der Waals surface area contributed by atoms with Crippen molar-refractivity contribution in [3.63, 3.8) is 0 Å². The Morgan fingerprint density at radius 1 is 1.10 bits per heavy atom. The lowest BCUT2D eigenvalue weighted by molar-refractivity contribution is 0.230. The van der Waals surface area contributed by atoms with Gasteiger partial charge in [0.15, 0.2) is 0 Å². The van der Waals surface area contributed by atoms with E-state index in [9.17, 15) is 0 Å². The summed E-state index contributed by atoms with van der Waals surface area (Å²) in [7, 11) is 0. The highest BCUT2D eigenvalue weighted by molar-refractivity contribution is 5.82. The molecule has 21 heavy (non-hydrogen) atoms. The molecular weight excluding hydrogens is 260 g/mol. The van der Waals surface area contributed by atoms with Crippen molar-refractivity contribution in [2.24, 2.45) is 10.7 Å². The van der Waals surface area contributed by atoms with Crippen molar-refractivity contribution in [1.82, 2.24) is 0 Å². The third kappa shape index (κ3) is 5.30. The van der Waals surface area contributed by atoms with Crippen LogP contribution in [0.3, 0.4) is 0 Å². The number of nitrogens with zero attached hydrogens (tertiary/aromatic N) is 1. The van der Waals surface area contributed by atoms with E-state index in [4.69, 9.17) is 10.5 Å². The van der Waals surface area contributed by atoms with Gasteiger partial charge in [0.25, 0.3) is 0 Å². The van der Waals surface area contributed by atoms with E-state index < -0.39 is 0 Å². The minimum absolute atomic E-state index is 0.00367. The van der Waals surface area contributed by atoms with Gasteiger partial charge in [0.2, 0.25) is 0 Å². The zero-order chi connectivity index (χ0) is 15.1. The van der Waals surface area contributed by atoms with Crippen LogP contribution in [0.4, 0.5) is 0 Å². The molecule has 2 aromatic carbocycles. The SMILES string of the molecule is Cc1ccc(CC(N)=NCC(C)Oc2ccccc2)cc1. The van der Waals surface area contributed by atoms with E-state index in [1.54, 1.807) is 0 Å². The van der Waals surface area contributed by atoms with Gasteiger partial charge in [-0.25, -0.2) is 0 Å². The van der Waals surface area contributed by atoms with Gasteiger partial charge in [-0.3, -0.25) is 4.99 Å². The van der Waals surface area contributed by atoms with Crippen LogP contribution in [0.25, 0.3) is 0 Å². The van der Waals surface area contributed by atoms with Crippen molar-refractivity contribution in [2.45, 2.75) is 26.4 Å². The molecule has 0 saturated carbocycles. The molecule has 0 spiro atoms. The van der Waals surface area contributed by atoms with Crippen LogP contribution < -0.4 is 10.5 Å². The van der Waals surface area contributed by atoms with Crippen LogP contribution in [-0.4, -0.2) is 18.5 Å². The van der Waals surface area contributed by atoms with Crippen LogP contribution in [0, 0.1) is 6.92 Å². The summed E-state index contributed by atoms with van der Waals surface area (Å²) in [6.07, 6.45) is 0.683. The molecule has 0 heterocycles. The molecular formula is C18H22N2O. The predicted molar refractivity (Wildman–Crippen MR) is 87.9 cm³/mol. The zero-order valence-corrected chi connectivity index (χ0v) is 12.6. The third-order valence-corrected chi connectivity index (χ3v) is 3.14. The summed E-state index contributed by atoms with van der Waals surface area (Å²) in [5.41, 5.74) is 8.41. The number of nitrogens with two attached hydrogens (primary N) is 1. The van der Waals surface area contributed by atoms with Crippen LogP contribution in [0.15, 0.2) is 59.6 Å². The molecule has 0 aromatic heterocycles. The number of para-hydroxylation sites is 1. The highest BCUT2D eigenvalue weighted by Crippen LogP contribution is 2.11. The van der Waals surface area contributed by atoms with Gasteiger partial charge in [0.1, 0.15) is 11.9 Å². The predicted octanol–water partition coefficient (Wildman–Crippen LogP) is 3.36. The average molecular weight is 282 g/mol. The molecule has 0 aliphatic rings. The fourth-order valence-corrected chi connectivity index (χ4v) is 1.99. The summed E-state index contributed by atoms with van der Waals surface area (Å²) in [5.74, 6) is 1.50. The summed E-state index contributed by atoms with van der Waals surface area (Å²) < 4.78 is 5.77. The molecule has 3 heteroatoms. The molecule has 0 saturated heterocycles. The lowest BCUT2D eigenvalue weighted by Gasteiger charge is -2.12. The van der Waals surface area contributed by atoms with E-state index in [0.29, 0.717) is 18.8 Å². The second-order valence-electron chi connectivity index (χ2n) is 5.24. The summed E-state index contributed by atoms with van der Waals surface area (Å²) >= 11 is 0. The molecule has 110 valence electrons. The molecule has 0 amide bonds. The molecule has 0 aliphatic carbocycles. The zero-order valence-electron chi connectivity index (χ0n) is 12.6. The van der Waals surface area contributed by atoms with Gasteiger partial charge in [0.05, 0.1) is 12.4 Å². The normalized spacial score (nSPS) is 13.0. The van der Waals surface area contributed by atoms with Crippen molar-refractivity contribution < 1.29 is 4.74 Å². The van der Waals surface area contributed by atoms with Crippen molar-refractivity contribution in [2.75, 3.05) is 6.54 Å². The number of ether oxygens (including phenoxy) is 1. The molecule has 3 nitrogen and oxygen atoms in total. The van der Waals surface area contributed by atoms with Crippen LogP contribution in [0.2, 0.25) is 0 Å². The third-order valence-electron chi connectivity index (χ3n) is 3.14. The van der Waals surface area contributed by atoms with Crippen LogP contribution in [0.5, 0.6) is 5.75 Å². The summed E-state index contributed by atoms with van der Waals surface area (Å²) in [4.78, 5) is 4.41. The number of rotatable bonds is 6. The fraction of sp³-hybridized carbons (Fsp3) is 0.278. The molecule has 2 aromatic rings. The van der Waals surface area contributed by atoms with E-state index in [2.05, 4.69) is 36.2 Å². The molecule has 0 fully saturated rings. The van der Waals surface area contributed by atoms with Crippen molar-refractivity contribution in [1.29, 1.82) is 0 Å². The maximum absolute atomic E-state index is 5.98. The number of benzene rings is 2. The van der Waals surface area contributed by atoms with E-state index >= 15 is 0 Å². The first-order chi connectivity index (χ1) is 10.1. The van der Waals surface area contributed by atoms with Crippen molar-refractivity contribution in [3.05, 3.63) is 65.7 Å². The van der Waals surface area contributed by atoms with Gasteiger partial charge in [0, 0.05) is 6.42 Å². The van der Waals surface area contributed by atoms with E-state index in [0.717, 1.165) is 5.75 Å². The first-order valence-corrected chi connectivity index (χ1v) is 7.19. The monoisotopic (exact) mass is 282 g/mol. The molecule has 2 rings (SSSR count). The average Bonchev–Trinajstić information content (AvgIpc) is 2.49. The Bertz CT molecular complexity index is 576. The molecule has 0 bridgehead atoms. The van der Waals surface area contributed by atoms with Crippen molar-refractivity contribution >= 4 is 5.84 Å². The Labute approximate surface area is 126 Å². The lowest BCUT2D eigenvalue weighted by atomic mass is 10.1. The number of amidine groups is 1. The highest BCUT2D eigenvalue weighted by Gasteiger charge is 2.03. The van der Waals surface area contributed by atoms with Gasteiger partial charge in [-0.2, -0.15) is 0 Å². The summed E-state index contributed by atoms with van der Waals surface area (Å²) in [5, 5.41) is 0. The Morgan fingerprint density at radius 2 is 1.76 bits per heavy atom. The molecule has 1 atom stereocenters. The quantitative estimate of drug-likeness (QED) is 0.652. The highest BCUT2D eigenvalue weighted by atomic mass is 16.5. The molecule has 0 radical (unpaired) electrons. The largest absolute Gasteiger partial charge is 0.489 e. The van der Waals surface area contributed by atoms with Gasteiger partial charge in [-0.1, -0.05) is 48.0 Å². The first-order valence-electron chi connectivity index (χ1n) is 7.19. The standard InChI is InChI=1S/C18H22N2O/c1-14-8-10-16(11-9-14)12-18(19)20-13-15(2)21-17-6-4-3-5-7-17/h3-11,15H,12-13H2,1-2H3,(H2,19,20). The van der Waals surface area contributed by atoms with Crippen LogP contribution in [-0.2, 0) is 6.42 Å². The van der Waals surface area contributed by atoms with Crippen LogP contribution in [0.1, 0.15) is 18.1 Å².